The first kappa shape index (κ1) is 18.5. The molecule has 0 saturated carbocycles. The predicted octanol–water partition coefficient (Wildman–Crippen LogP) is 2.75. The van der Waals surface area contributed by atoms with Gasteiger partial charge in [-0.15, -0.1) is 11.3 Å². The summed E-state index contributed by atoms with van der Waals surface area (Å²) in [4.78, 5) is 15.1. The first-order valence-electron chi connectivity index (χ1n) is 9.03. The van der Waals surface area contributed by atoms with E-state index in [-0.39, 0.29) is 0 Å². The van der Waals surface area contributed by atoms with Crippen molar-refractivity contribution in [2.45, 2.75) is 20.4 Å². The lowest BCUT2D eigenvalue weighted by Gasteiger charge is -2.38. The van der Waals surface area contributed by atoms with E-state index < -0.39 is 0 Å². The SMILES string of the molecule is CCNC(=NCc1ncc(C)s1)N1CCN(c2ccccc2OC)CC1. The molecule has 1 aliphatic rings. The number of aliphatic imine (C=N–C) groups is 1. The number of guanidine groups is 1. The van der Waals surface area contributed by atoms with Gasteiger partial charge in [-0.3, -0.25) is 0 Å². The molecule has 6 nitrogen and oxygen atoms in total. The number of para-hydroxylation sites is 2. The molecule has 0 amide bonds. The second-order valence-corrected chi connectivity index (χ2v) is 7.50. The van der Waals surface area contributed by atoms with Crippen LogP contribution in [0, 0.1) is 6.92 Å². The Bertz CT molecular complexity index is 737. The zero-order valence-electron chi connectivity index (χ0n) is 15.7. The number of aromatic nitrogens is 1. The van der Waals surface area contributed by atoms with Gasteiger partial charge in [0, 0.05) is 43.8 Å². The van der Waals surface area contributed by atoms with Crippen molar-refractivity contribution < 1.29 is 4.74 Å². The number of aryl methyl sites for hydroxylation is 1. The number of piperazine rings is 1. The Morgan fingerprint density at radius 2 is 2.04 bits per heavy atom. The Balaban J connectivity index is 1.64. The van der Waals surface area contributed by atoms with Crippen LogP contribution in [0.4, 0.5) is 5.69 Å². The van der Waals surface area contributed by atoms with E-state index in [1.807, 2.05) is 18.3 Å². The number of hydrogen-bond donors (Lipinski definition) is 1. The van der Waals surface area contributed by atoms with Crippen LogP contribution in [0.3, 0.4) is 0 Å². The highest BCUT2D eigenvalue weighted by molar-refractivity contribution is 7.11. The number of ether oxygens (including phenoxy) is 1. The second kappa shape index (κ2) is 8.89. The predicted molar refractivity (Wildman–Crippen MR) is 108 cm³/mol. The van der Waals surface area contributed by atoms with Crippen LogP contribution >= 0.6 is 11.3 Å². The lowest BCUT2D eigenvalue weighted by atomic mass is 10.2. The van der Waals surface area contributed by atoms with Gasteiger partial charge in [0.1, 0.15) is 10.8 Å². The topological polar surface area (TPSA) is 53.0 Å². The van der Waals surface area contributed by atoms with Crippen molar-refractivity contribution in [3.05, 3.63) is 40.3 Å². The molecule has 7 heteroatoms. The summed E-state index contributed by atoms with van der Waals surface area (Å²) in [6.45, 7) is 9.43. The summed E-state index contributed by atoms with van der Waals surface area (Å²) < 4.78 is 5.50. The molecule has 0 atom stereocenters. The molecule has 0 unspecified atom stereocenters. The molecule has 0 bridgehead atoms. The van der Waals surface area contributed by atoms with Gasteiger partial charge in [-0.25, -0.2) is 9.98 Å². The van der Waals surface area contributed by atoms with Crippen molar-refractivity contribution in [3.63, 3.8) is 0 Å². The maximum atomic E-state index is 5.50. The van der Waals surface area contributed by atoms with Crippen LogP contribution in [0.15, 0.2) is 35.5 Å². The minimum Gasteiger partial charge on any atom is -0.495 e. The summed E-state index contributed by atoms with van der Waals surface area (Å²) in [6.07, 6.45) is 1.91. The van der Waals surface area contributed by atoms with Gasteiger partial charge in [0.05, 0.1) is 19.3 Å². The fourth-order valence-corrected chi connectivity index (χ4v) is 3.80. The largest absolute Gasteiger partial charge is 0.495 e. The van der Waals surface area contributed by atoms with Crippen LogP contribution < -0.4 is 15.0 Å². The van der Waals surface area contributed by atoms with Crippen molar-refractivity contribution in [2.75, 3.05) is 44.7 Å². The van der Waals surface area contributed by atoms with Crippen molar-refractivity contribution in [1.29, 1.82) is 0 Å². The molecule has 1 N–H and O–H groups in total. The third-order valence-electron chi connectivity index (χ3n) is 4.37. The number of rotatable bonds is 5. The van der Waals surface area contributed by atoms with Gasteiger partial charge < -0.3 is 19.9 Å². The summed E-state index contributed by atoms with van der Waals surface area (Å²) >= 11 is 1.71. The fraction of sp³-hybridized carbons (Fsp3) is 0.474. The van der Waals surface area contributed by atoms with Gasteiger partial charge in [0.25, 0.3) is 0 Å². The van der Waals surface area contributed by atoms with Gasteiger partial charge in [-0.05, 0) is 26.0 Å². The molecule has 140 valence electrons. The number of nitrogens with zero attached hydrogens (tertiary/aromatic N) is 4. The Morgan fingerprint density at radius 1 is 1.27 bits per heavy atom. The summed E-state index contributed by atoms with van der Waals surface area (Å²) in [6, 6.07) is 8.21. The minimum atomic E-state index is 0.633. The van der Waals surface area contributed by atoms with Gasteiger partial charge in [-0.2, -0.15) is 0 Å². The van der Waals surface area contributed by atoms with Crippen LogP contribution in [-0.2, 0) is 6.54 Å². The second-order valence-electron chi connectivity index (χ2n) is 6.18. The minimum absolute atomic E-state index is 0.633. The van der Waals surface area contributed by atoms with Gasteiger partial charge >= 0.3 is 0 Å². The molecule has 1 aromatic heterocycles. The molecule has 1 fully saturated rings. The molecule has 3 rings (SSSR count). The first-order valence-corrected chi connectivity index (χ1v) is 9.85. The molecule has 0 radical (unpaired) electrons. The Hall–Kier alpha value is -2.28. The molecular weight excluding hydrogens is 346 g/mol. The van der Waals surface area contributed by atoms with E-state index in [9.17, 15) is 0 Å². The normalized spacial score (nSPS) is 15.3. The Kier molecular flexibility index (Phi) is 6.33. The molecule has 2 aromatic rings. The van der Waals surface area contributed by atoms with E-state index in [0.29, 0.717) is 6.54 Å². The average molecular weight is 374 g/mol. The Labute approximate surface area is 159 Å². The fourth-order valence-electron chi connectivity index (χ4n) is 3.09. The number of hydrogen-bond acceptors (Lipinski definition) is 5. The summed E-state index contributed by atoms with van der Waals surface area (Å²) in [5.41, 5.74) is 1.16. The third-order valence-corrected chi connectivity index (χ3v) is 5.27. The molecule has 0 spiro atoms. The monoisotopic (exact) mass is 373 g/mol. The number of thiazole rings is 1. The quantitative estimate of drug-likeness (QED) is 0.645. The average Bonchev–Trinajstić information content (AvgIpc) is 3.10. The maximum Gasteiger partial charge on any atom is 0.194 e. The van der Waals surface area contributed by atoms with Gasteiger partial charge in [-0.1, -0.05) is 12.1 Å². The van der Waals surface area contributed by atoms with E-state index in [0.717, 1.165) is 55.1 Å². The maximum absolute atomic E-state index is 5.50. The van der Waals surface area contributed by atoms with Crippen LogP contribution in [0.1, 0.15) is 16.8 Å². The van der Waals surface area contributed by atoms with Crippen LogP contribution in [0.25, 0.3) is 0 Å². The Morgan fingerprint density at radius 3 is 2.69 bits per heavy atom. The van der Waals surface area contributed by atoms with Crippen LogP contribution in [0.2, 0.25) is 0 Å². The third kappa shape index (κ3) is 4.46. The highest BCUT2D eigenvalue weighted by Gasteiger charge is 2.21. The van der Waals surface area contributed by atoms with E-state index in [2.05, 4.69) is 46.1 Å². The van der Waals surface area contributed by atoms with E-state index in [1.165, 1.54) is 4.88 Å². The lowest BCUT2D eigenvalue weighted by Crippen LogP contribution is -2.52. The van der Waals surface area contributed by atoms with E-state index in [4.69, 9.17) is 9.73 Å². The smallest absolute Gasteiger partial charge is 0.194 e. The zero-order valence-corrected chi connectivity index (χ0v) is 16.6. The van der Waals surface area contributed by atoms with Gasteiger partial charge in [0.2, 0.25) is 0 Å². The van der Waals surface area contributed by atoms with Crippen molar-refractivity contribution >= 4 is 23.0 Å². The lowest BCUT2D eigenvalue weighted by molar-refractivity contribution is 0.367. The van der Waals surface area contributed by atoms with E-state index in [1.54, 1.807) is 18.4 Å². The highest BCUT2D eigenvalue weighted by atomic mass is 32.1. The molecule has 1 aliphatic heterocycles. The highest BCUT2D eigenvalue weighted by Crippen LogP contribution is 2.28. The number of benzene rings is 1. The first-order chi connectivity index (χ1) is 12.7. The molecule has 2 heterocycles. The molecule has 0 aliphatic carbocycles. The molecule has 26 heavy (non-hydrogen) atoms. The van der Waals surface area contributed by atoms with Crippen molar-refractivity contribution in [2.24, 2.45) is 4.99 Å². The van der Waals surface area contributed by atoms with Crippen molar-refractivity contribution in [1.82, 2.24) is 15.2 Å². The standard InChI is InChI=1S/C19H27N5OS/c1-4-20-19(22-14-18-21-13-15(2)26-18)24-11-9-23(10-12-24)16-7-5-6-8-17(16)25-3/h5-8,13H,4,9-12,14H2,1-3H3,(H,20,22). The molecule has 1 saturated heterocycles. The number of nitrogens with one attached hydrogen (secondary N) is 1. The van der Waals surface area contributed by atoms with Crippen LogP contribution in [0.5, 0.6) is 5.75 Å². The van der Waals surface area contributed by atoms with Crippen LogP contribution in [-0.4, -0.2) is 55.7 Å². The zero-order chi connectivity index (χ0) is 18.4. The van der Waals surface area contributed by atoms with Crippen molar-refractivity contribution in [3.8, 4) is 5.75 Å². The summed E-state index contributed by atoms with van der Waals surface area (Å²) in [5, 5.41) is 4.48. The molecular formula is C19H27N5OS. The van der Waals surface area contributed by atoms with E-state index >= 15 is 0 Å². The summed E-state index contributed by atoms with van der Waals surface area (Å²) in [7, 11) is 1.73. The number of methoxy groups -OCH3 is 1. The summed E-state index contributed by atoms with van der Waals surface area (Å²) in [5.74, 6) is 1.90. The number of anilines is 1. The van der Waals surface area contributed by atoms with Gasteiger partial charge in [0.15, 0.2) is 5.96 Å². The molecule has 1 aromatic carbocycles.